The second-order valence-electron chi connectivity index (χ2n) is 5.09. The average molecular weight is 254 g/mol. The second-order valence-corrected chi connectivity index (χ2v) is 5.09. The molecule has 1 aromatic rings. The van der Waals surface area contributed by atoms with Crippen LogP contribution in [0.4, 0.5) is 8.78 Å². The van der Waals surface area contributed by atoms with Crippen molar-refractivity contribution in [1.82, 2.24) is 10.2 Å². The van der Waals surface area contributed by atoms with Crippen LogP contribution in [-0.4, -0.2) is 32.1 Å². The molecule has 4 heteroatoms. The summed E-state index contributed by atoms with van der Waals surface area (Å²) < 4.78 is 26.7. The van der Waals surface area contributed by atoms with Gasteiger partial charge in [0, 0.05) is 12.1 Å². The molecule has 1 aliphatic heterocycles. The van der Waals surface area contributed by atoms with E-state index in [1.165, 1.54) is 12.1 Å². The molecule has 1 aliphatic rings. The van der Waals surface area contributed by atoms with E-state index in [4.69, 9.17) is 0 Å². The Bertz CT molecular complexity index is 387. The number of hydrogen-bond donors (Lipinski definition) is 1. The van der Waals surface area contributed by atoms with Gasteiger partial charge in [0.1, 0.15) is 11.6 Å². The van der Waals surface area contributed by atoms with Gasteiger partial charge in [-0.1, -0.05) is 0 Å². The van der Waals surface area contributed by atoms with Gasteiger partial charge in [-0.3, -0.25) is 4.90 Å². The normalized spacial score (nSPS) is 25.3. The van der Waals surface area contributed by atoms with Crippen LogP contribution in [0.3, 0.4) is 0 Å². The summed E-state index contributed by atoms with van der Waals surface area (Å²) in [6.07, 6.45) is 2.23. The molecule has 1 fully saturated rings. The summed E-state index contributed by atoms with van der Waals surface area (Å²) in [6.45, 7) is 1.84. The third-order valence-electron chi connectivity index (χ3n) is 3.70. The summed E-state index contributed by atoms with van der Waals surface area (Å²) >= 11 is 0. The molecule has 0 aromatic heterocycles. The molecule has 1 saturated heterocycles. The van der Waals surface area contributed by atoms with Gasteiger partial charge in [0.05, 0.1) is 0 Å². The second kappa shape index (κ2) is 5.76. The summed E-state index contributed by atoms with van der Waals surface area (Å²) in [5.41, 5.74) is 0.745. The Morgan fingerprint density at radius 1 is 1.28 bits per heavy atom. The van der Waals surface area contributed by atoms with E-state index in [2.05, 4.69) is 10.2 Å². The molecule has 2 atom stereocenters. The quantitative estimate of drug-likeness (QED) is 0.892. The lowest BCUT2D eigenvalue weighted by molar-refractivity contribution is 0.120. The van der Waals surface area contributed by atoms with E-state index in [0.29, 0.717) is 5.92 Å². The van der Waals surface area contributed by atoms with Crippen molar-refractivity contribution in [3.05, 3.63) is 35.4 Å². The Morgan fingerprint density at radius 2 is 1.94 bits per heavy atom. The smallest absolute Gasteiger partial charge is 0.126 e. The van der Waals surface area contributed by atoms with Crippen molar-refractivity contribution >= 4 is 0 Å². The molecule has 0 saturated carbocycles. The van der Waals surface area contributed by atoms with Gasteiger partial charge in [-0.25, -0.2) is 8.78 Å². The fourth-order valence-electron chi connectivity index (χ4n) is 3.01. The maximum Gasteiger partial charge on any atom is 0.126 e. The summed E-state index contributed by atoms with van der Waals surface area (Å²) in [5, 5.41) is 3.17. The molecule has 0 spiro atoms. The highest BCUT2D eigenvalue weighted by molar-refractivity contribution is 5.23. The molecule has 2 rings (SSSR count). The van der Waals surface area contributed by atoms with Crippen LogP contribution in [0.25, 0.3) is 0 Å². The zero-order valence-electron chi connectivity index (χ0n) is 10.9. The maximum atomic E-state index is 13.3. The number of nitrogens with zero attached hydrogens (tertiary/aromatic N) is 1. The van der Waals surface area contributed by atoms with Crippen molar-refractivity contribution in [3.63, 3.8) is 0 Å². The highest BCUT2D eigenvalue weighted by Crippen LogP contribution is 2.35. The number of hydrogen-bond acceptors (Lipinski definition) is 2. The van der Waals surface area contributed by atoms with Gasteiger partial charge >= 0.3 is 0 Å². The highest BCUT2D eigenvalue weighted by atomic mass is 19.1. The summed E-state index contributed by atoms with van der Waals surface area (Å²) in [5.74, 6) is -0.589. The lowest BCUT2D eigenvalue weighted by Crippen LogP contribution is -2.40. The Kier molecular flexibility index (Phi) is 4.30. The van der Waals surface area contributed by atoms with Crippen LogP contribution in [0.5, 0.6) is 0 Å². The summed E-state index contributed by atoms with van der Waals surface area (Å²) in [4.78, 5) is 2.19. The van der Waals surface area contributed by atoms with Crippen molar-refractivity contribution in [2.24, 2.45) is 5.92 Å². The molecular weight excluding hydrogens is 234 g/mol. The van der Waals surface area contributed by atoms with Crippen LogP contribution >= 0.6 is 0 Å². The van der Waals surface area contributed by atoms with Crippen molar-refractivity contribution < 1.29 is 8.78 Å². The first kappa shape index (κ1) is 13.4. The molecule has 0 aliphatic carbocycles. The van der Waals surface area contributed by atoms with Crippen LogP contribution in [0.15, 0.2) is 18.2 Å². The average Bonchev–Trinajstić information content (AvgIpc) is 2.28. The van der Waals surface area contributed by atoms with Crippen molar-refractivity contribution in [2.45, 2.75) is 18.9 Å². The van der Waals surface area contributed by atoms with Crippen LogP contribution in [0, 0.1) is 17.6 Å². The van der Waals surface area contributed by atoms with Gasteiger partial charge in [0.2, 0.25) is 0 Å². The number of halogens is 2. The van der Waals surface area contributed by atoms with Gasteiger partial charge in [0.15, 0.2) is 0 Å². The van der Waals surface area contributed by atoms with Gasteiger partial charge < -0.3 is 5.32 Å². The predicted octanol–water partition coefficient (Wildman–Crippen LogP) is 2.57. The first-order valence-corrected chi connectivity index (χ1v) is 6.42. The number of benzene rings is 1. The molecule has 0 bridgehead atoms. The van der Waals surface area contributed by atoms with Crippen LogP contribution in [-0.2, 0) is 0 Å². The first-order valence-electron chi connectivity index (χ1n) is 6.42. The number of rotatable bonds is 3. The van der Waals surface area contributed by atoms with E-state index in [9.17, 15) is 8.78 Å². The van der Waals surface area contributed by atoms with Gasteiger partial charge in [-0.2, -0.15) is 0 Å². The van der Waals surface area contributed by atoms with Gasteiger partial charge in [0.25, 0.3) is 0 Å². The molecule has 1 aromatic carbocycles. The maximum absolute atomic E-state index is 13.3. The van der Waals surface area contributed by atoms with E-state index in [1.807, 2.05) is 14.1 Å². The topological polar surface area (TPSA) is 15.3 Å². The third-order valence-corrected chi connectivity index (χ3v) is 3.70. The zero-order chi connectivity index (χ0) is 13.1. The van der Waals surface area contributed by atoms with Crippen molar-refractivity contribution in [2.75, 3.05) is 27.2 Å². The standard InChI is InChI=1S/C14H20F2N2/c1-17-9-10-4-3-5-18(2)14(10)11-6-12(15)8-13(16)7-11/h6-8,10,14,17H,3-5,9H2,1-2H3. The van der Waals surface area contributed by atoms with E-state index in [-0.39, 0.29) is 6.04 Å². The van der Waals surface area contributed by atoms with Crippen LogP contribution < -0.4 is 5.32 Å². The zero-order valence-corrected chi connectivity index (χ0v) is 10.9. The largest absolute Gasteiger partial charge is 0.319 e. The van der Waals surface area contributed by atoms with Crippen LogP contribution in [0.2, 0.25) is 0 Å². The molecule has 0 amide bonds. The highest BCUT2D eigenvalue weighted by Gasteiger charge is 2.30. The van der Waals surface area contributed by atoms with E-state index < -0.39 is 11.6 Å². The monoisotopic (exact) mass is 254 g/mol. The SMILES string of the molecule is CNCC1CCCN(C)C1c1cc(F)cc(F)c1. The van der Waals surface area contributed by atoms with Gasteiger partial charge in [-0.05, 0) is 63.6 Å². The first-order chi connectivity index (χ1) is 8.61. The molecule has 2 unspecified atom stereocenters. The number of piperidine rings is 1. The lowest BCUT2D eigenvalue weighted by Gasteiger charge is -2.39. The van der Waals surface area contributed by atoms with Gasteiger partial charge in [-0.15, -0.1) is 0 Å². The number of nitrogens with one attached hydrogen (secondary N) is 1. The van der Waals surface area contributed by atoms with Crippen LogP contribution in [0.1, 0.15) is 24.4 Å². The van der Waals surface area contributed by atoms with Crippen molar-refractivity contribution in [3.8, 4) is 0 Å². The third kappa shape index (κ3) is 2.87. The van der Waals surface area contributed by atoms with E-state index >= 15 is 0 Å². The molecule has 0 radical (unpaired) electrons. The predicted molar refractivity (Wildman–Crippen MR) is 68.4 cm³/mol. The molecule has 2 nitrogen and oxygen atoms in total. The molecule has 1 N–H and O–H groups in total. The minimum Gasteiger partial charge on any atom is -0.319 e. The molecular formula is C14H20F2N2. The molecule has 100 valence electrons. The Hall–Kier alpha value is -1.00. The molecule has 1 heterocycles. The fraction of sp³-hybridized carbons (Fsp3) is 0.571. The summed E-state index contributed by atoms with van der Waals surface area (Å²) in [7, 11) is 3.94. The van der Waals surface area contributed by atoms with E-state index in [0.717, 1.165) is 37.6 Å². The Labute approximate surface area is 107 Å². The minimum absolute atomic E-state index is 0.0939. The summed E-state index contributed by atoms with van der Waals surface area (Å²) in [6, 6.07) is 3.94. The molecule has 18 heavy (non-hydrogen) atoms. The van der Waals surface area contributed by atoms with Crippen molar-refractivity contribution in [1.29, 1.82) is 0 Å². The minimum atomic E-state index is -0.493. The number of likely N-dealkylation sites (tertiary alicyclic amines) is 1. The Morgan fingerprint density at radius 3 is 2.56 bits per heavy atom. The Balaban J connectivity index is 2.30. The fourth-order valence-corrected chi connectivity index (χ4v) is 3.01. The van der Waals surface area contributed by atoms with E-state index in [1.54, 1.807) is 0 Å². The lowest BCUT2D eigenvalue weighted by atomic mass is 9.85.